The van der Waals surface area contributed by atoms with Crippen LogP contribution in [0.25, 0.3) is 0 Å². The minimum atomic E-state index is -0.833. The summed E-state index contributed by atoms with van der Waals surface area (Å²) in [4.78, 5) is 9.00. The van der Waals surface area contributed by atoms with Crippen molar-refractivity contribution in [2.75, 3.05) is 5.75 Å². The first kappa shape index (κ1) is 19.2. The molecule has 0 saturated carbocycles. The highest BCUT2D eigenvalue weighted by atomic mass is 32.2. The van der Waals surface area contributed by atoms with Gasteiger partial charge in [-0.15, -0.1) is 10.2 Å². The summed E-state index contributed by atoms with van der Waals surface area (Å²) < 4.78 is 1.97. The molecular weight excluding hydrogens is 312 g/mol. The van der Waals surface area contributed by atoms with Crippen LogP contribution < -0.4 is 5.73 Å². The summed E-state index contributed by atoms with van der Waals surface area (Å²) in [6.45, 7) is 1.53. The number of aliphatic carboxylic acids is 1. The first-order valence-corrected chi connectivity index (χ1v) is 8.47. The molecule has 1 heterocycles. The van der Waals surface area contributed by atoms with Crippen molar-refractivity contribution in [2.45, 2.75) is 37.9 Å². The third-order valence-corrected chi connectivity index (χ3v) is 4.15. The van der Waals surface area contributed by atoms with Crippen LogP contribution in [-0.2, 0) is 24.8 Å². The zero-order valence-corrected chi connectivity index (χ0v) is 14.4. The number of aryl methyl sites for hydroxylation is 1. The van der Waals surface area contributed by atoms with Crippen LogP contribution in [0.2, 0.25) is 0 Å². The van der Waals surface area contributed by atoms with Gasteiger partial charge in [0.1, 0.15) is 5.82 Å². The number of nitrogens with two attached hydrogens (primary N) is 1. The number of hydrogen-bond acceptors (Lipinski definition) is 5. The van der Waals surface area contributed by atoms with Gasteiger partial charge in [-0.2, -0.15) is 0 Å². The van der Waals surface area contributed by atoms with E-state index in [0.29, 0.717) is 6.54 Å². The second kappa shape index (κ2) is 10.8. The topological polar surface area (TPSA) is 94.0 Å². The van der Waals surface area contributed by atoms with E-state index in [9.17, 15) is 0 Å². The summed E-state index contributed by atoms with van der Waals surface area (Å²) in [6.07, 6.45) is 3.54. The highest BCUT2D eigenvalue weighted by molar-refractivity contribution is 7.99. The number of carboxylic acids is 1. The van der Waals surface area contributed by atoms with E-state index < -0.39 is 5.97 Å². The molecule has 1 aromatic heterocycles. The summed E-state index contributed by atoms with van der Waals surface area (Å²) in [6, 6.07) is 10.6. The molecule has 0 aliphatic heterocycles. The lowest BCUT2D eigenvalue weighted by atomic mass is 10.1. The maximum absolute atomic E-state index is 9.00. The van der Waals surface area contributed by atoms with E-state index >= 15 is 0 Å². The Morgan fingerprint density at radius 2 is 1.91 bits per heavy atom. The second-order valence-electron chi connectivity index (χ2n) is 4.97. The smallest absolute Gasteiger partial charge is 0.300 e. The molecule has 0 aliphatic rings. The van der Waals surface area contributed by atoms with Crippen molar-refractivity contribution in [1.82, 2.24) is 14.8 Å². The van der Waals surface area contributed by atoms with Crippen molar-refractivity contribution in [3.05, 3.63) is 41.7 Å². The number of benzene rings is 1. The molecule has 0 atom stereocenters. The molecule has 0 spiro atoms. The number of aromatic nitrogens is 3. The summed E-state index contributed by atoms with van der Waals surface area (Å²) in [7, 11) is 1.97. The Labute approximate surface area is 141 Å². The molecule has 23 heavy (non-hydrogen) atoms. The van der Waals surface area contributed by atoms with E-state index in [0.717, 1.165) is 30.1 Å². The monoisotopic (exact) mass is 336 g/mol. The van der Waals surface area contributed by atoms with Gasteiger partial charge in [0.2, 0.25) is 0 Å². The van der Waals surface area contributed by atoms with E-state index in [1.807, 2.05) is 11.6 Å². The van der Waals surface area contributed by atoms with Crippen molar-refractivity contribution >= 4 is 17.7 Å². The molecule has 0 bridgehead atoms. The number of carbonyl (C=O) groups is 1. The fraction of sp³-hybridized carbons (Fsp3) is 0.438. The molecule has 0 aliphatic carbocycles. The van der Waals surface area contributed by atoms with Gasteiger partial charge in [0.05, 0.1) is 6.54 Å². The molecule has 0 amide bonds. The molecule has 2 rings (SSSR count). The lowest BCUT2D eigenvalue weighted by Gasteiger charge is -2.03. The largest absolute Gasteiger partial charge is 0.481 e. The van der Waals surface area contributed by atoms with Crippen molar-refractivity contribution in [1.29, 1.82) is 0 Å². The molecule has 0 fully saturated rings. The Bertz CT molecular complexity index is 583. The zero-order chi connectivity index (χ0) is 17.1. The van der Waals surface area contributed by atoms with Crippen molar-refractivity contribution < 1.29 is 9.90 Å². The average Bonchev–Trinajstić information content (AvgIpc) is 2.88. The van der Waals surface area contributed by atoms with Gasteiger partial charge < -0.3 is 15.4 Å². The molecule has 6 nitrogen and oxygen atoms in total. The molecule has 3 N–H and O–H groups in total. The maximum atomic E-state index is 9.00. The molecule has 0 radical (unpaired) electrons. The third kappa shape index (κ3) is 7.80. The molecule has 0 saturated heterocycles. The lowest BCUT2D eigenvalue weighted by Crippen LogP contribution is -2.05. The van der Waals surface area contributed by atoms with Crippen molar-refractivity contribution in [3.63, 3.8) is 0 Å². The normalized spacial score (nSPS) is 10.0. The fourth-order valence-corrected chi connectivity index (χ4v) is 2.82. The first-order valence-electron chi connectivity index (χ1n) is 7.49. The standard InChI is InChI=1S/C14H20N4S.C2H4O2/c1-18-13(11-15)16-17-14(18)19-10-6-5-9-12-7-3-2-4-8-12;1-2(3)4/h2-4,7-8H,5-6,9-11,15H2,1H3;1H3,(H,3,4). The quantitative estimate of drug-likeness (QED) is 0.596. The van der Waals surface area contributed by atoms with E-state index in [1.54, 1.807) is 11.8 Å². The molecule has 0 unspecified atom stereocenters. The summed E-state index contributed by atoms with van der Waals surface area (Å²) in [5, 5.41) is 16.6. The van der Waals surface area contributed by atoms with Crippen LogP contribution >= 0.6 is 11.8 Å². The van der Waals surface area contributed by atoms with Gasteiger partial charge in [-0.1, -0.05) is 42.1 Å². The van der Waals surface area contributed by atoms with Gasteiger partial charge in [-0.3, -0.25) is 4.79 Å². The number of unbranched alkanes of at least 4 members (excludes halogenated alkanes) is 1. The first-order chi connectivity index (χ1) is 11.0. The summed E-state index contributed by atoms with van der Waals surface area (Å²) in [5.41, 5.74) is 6.99. The van der Waals surface area contributed by atoms with Crippen LogP contribution in [0.4, 0.5) is 0 Å². The van der Waals surface area contributed by atoms with Crippen LogP contribution in [0.3, 0.4) is 0 Å². The number of rotatable bonds is 7. The highest BCUT2D eigenvalue weighted by Crippen LogP contribution is 2.17. The van der Waals surface area contributed by atoms with Crippen LogP contribution in [0.1, 0.15) is 31.2 Å². The second-order valence-corrected chi connectivity index (χ2v) is 6.03. The Morgan fingerprint density at radius 3 is 2.48 bits per heavy atom. The fourth-order valence-electron chi connectivity index (χ4n) is 1.89. The van der Waals surface area contributed by atoms with Gasteiger partial charge in [0.15, 0.2) is 5.16 Å². The summed E-state index contributed by atoms with van der Waals surface area (Å²) >= 11 is 1.75. The average molecular weight is 336 g/mol. The maximum Gasteiger partial charge on any atom is 0.300 e. The van der Waals surface area contributed by atoms with Gasteiger partial charge in [-0.25, -0.2) is 0 Å². The predicted octanol–water partition coefficient (Wildman–Crippen LogP) is 2.48. The van der Waals surface area contributed by atoms with Crippen LogP contribution in [0.15, 0.2) is 35.5 Å². The Morgan fingerprint density at radius 1 is 1.26 bits per heavy atom. The van der Waals surface area contributed by atoms with Crippen LogP contribution in [0, 0.1) is 0 Å². The van der Waals surface area contributed by atoms with Crippen LogP contribution in [0.5, 0.6) is 0 Å². The molecule has 7 heteroatoms. The van der Waals surface area contributed by atoms with Crippen molar-refractivity contribution in [3.8, 4) is 0 Å². The van der Waals surface area contributed by atoms with Crippen molar-refractivity contribution in [2.24, 2.45) is 12.8 Å². The SMILES string of the molecule is CC(=O)O.Cn1c(CN)nnc1SCCCCc1ccccc1. The Hall–Kier alpha value is -1.86. The van der Waals surface area contributed by atoms with Gasteiger partial charge >= 0.3 is 0 Å². The van der Waals surface area contributed by atoms with Crippen LogP contribution in [-0.4, -0.2) is 31.6 Å². The zero-order valence-electron chi connectivity index (χ0n) is 13.6. The third-order valence-electron chi connectivity index (χ3n) is 3.04. The van der Waals surface area contributed by atoms with E-state index in [-0.39, 0.29) is 0 Å². The minimum absolute atomic E-state index is 0.443. The molecule has 2 aromatic rings. The molecule has 1 aromatic carbocycles. The van der Waals surface area contributed by atoms with E-state index in [4.69, 9.17) is 15.6 Å². The predicted molar refractivity (Wildman–Crippen MR) is 92.3 cm³/mol. The molecular formula is C16H24N4O2S. The Balaban J connectivity index is 0.000000593. The van der Waals surface area contributed by atoms with Gasteiger partial charge in [0, 0.05) is 19.7 Å². The number of hydrogen-bond donors (Lipinski definition) is 2. The van der Waals surface area contributed by atoms with Gasteiger partial charge in [0.25, 0.3) is 5.97 Å². The number of carboxylic acid groups (broad SMARTS) is 1. The minimum Gasteiger partial charge on any atom is -0.481 e. The molecule has 126 valence electrons. The number of nitrogens with zero attached hydrogens (tertiary/aromatic N) is 3. The lowest BCUT2D eigenvalue weighted by molar-refractivity contribution is -0.134. The van der Waals surface area contributed by atoms with Gasteiger partial charge in [-0.05, 0) is 24.8 Å². The highest BCUT2D eigenvalue weighted by Gasteiger charge is 2.06. The van der Waals surface area contributed by atoms with E-state index in [2.05, 4.69) is 40.5 Å². The number of thioether (sulfide) groups is 1. The Kier molecular flexibility index (Phi) is 9.01. The summed E-state index contributed by atoms with van der Waals surface area (Å²) in [5.74, 6) is 1.08. The van der Waals surface area contributed by atoms with E-state index in [1.165, 1.54) is 18.4 Å².